The molecule has 0 atom stereocenters. The lowest BCUT2D eigenvalue weighted by Gasteiger charge is -2.18. The molecule has 3 nitrogen and oxygen atoms in total. The molecule has 0 amide bonds. The molecule has 5 heteroatoms. The summed E-state index contributed by atoms with van der Waals surface area (Å²) in [6.07, 6.45) is 0. The van der Waals surface area contributed by atoms with Crippen LogP contribution >= 0.6 is 31.9 Å². The first-order valence-corrected chi connectivity index (χ1v) is 12.0. The Morgan fingerprint density at radius 1 is 0.727 bits per heavy atom. The third kappa shape index (κ3) is 4.10. The van der Waals surface area contributed by atoms with Gasteiger partial charge in [0, 0.05) is 42.3 Å². The Bertz CT molecular complexity index is 1490. The number of aromatic nitrogens is 1. The van der Waals surface area contributed by atoms with Crippen LogP contribution in [-0.2, 0) is 0 Å². The minimum absolute atomic E-state index is 0.0604. The highest BCUT2D eigenvalue weighted by molar-refractivity contribution is 9.10. The molecule has 1 aromatic heterocycles. The van der Waals surface area contributed by atoms with Crippen LogP contribution in [0.25, 0.3) is 33.3 Å². The molecule has 1 heterocycles. The fraction of sp³-hybridized carbons (Fsp3) is 0. The van der Waals surface area contributed by atoms with E-state index in [2.05, 4.69) is 31.9 Å². The van der Waals surface area contributed by atoms with Crippen LogP contribution in [0, 0.1) is 0 Å². The average Bonchev–Trinajstić information content (AvgIpc) is 2.84. The molecule has 0 saturated heterocycles. The molecule has 5 aromatic rings. The predicted molar refractivity (Wildman–Crippen MR) is 142 cm³/mol. The zero-order chi connectivity index (χ0) is 22.9. The van der Waals surface area contributed by atoms with Crippen LogP contribution in [-0.4, -0.2) is 10.8 Å². The lowest BCUT2D eigenvalue weighted by Crippen LogP contribution is -2.08. The maximum Gasteiger partial charge on any atom is 0.194 e. The van der Waals surface area contributed by atoms with Crippen LogP contribution < -0.4 is 5.73 Å². The van der Waals surface area contributed by atoms with Crippen molar-refractivity contribution in [2.24, 2.45) is 0 Å². The van der Waals surface area contributed by atoms with Crippen molar-refractivity contribution in [3.05, 3.63) is 117 Å². The van der Waals surface area contributed by atoms with Crippen LogP contribution in [0.1, 0.15) is 15.9 Å². The summed E-state index contributed by atoms with van der Waals surface area (Å²) in [5, 5.41) is 0.807. The van der Waals surface area contributed by atoms with E-state index in [9.17, 15) is 4.79 Å². The van der Waals surface area contributed by atoms with Gasteiger partial charge >= 0.3 is 0 Å². The number of halogens is 2. The Morgan fingerprint density at radius 2 is 1.33 bits per heavy atom. The third-order valence-electron chi connectivity index (χ3n) is 5.57. The molecule has 0 saturated carbocycles. The highest BCUT2D eigenvalue weighted by Gasteiger charge is 2.24. The van der Waals surface area contributed by atoms with Gasteiger partial charge < -0.3 is 5.73 Å². The van der Waals surface area contributed by atoms with Gasteiger partial charge in [-0.1, -0.05) is 80.4 Å². The molecule has 5 rings (SSSR count). The molecule has 0 spiro atoms. The minimum atomic E-state index is -0.0604. The summed E-state index contributed by atoms with van der Waals surface area (Å²) in [6.45, 7) is 0. The Morgan fingerprint density at radius 3 is 2.03 bits per heavy atom. The third-order valence-corrected chi connectivity index (χ3v) is 6.63. The Labute approximate surface area is 208 Å². The number of nitrogen functional groups attached to an aromatic ring is 1. The van der Waals surface area contributed by atoms with Crippen molar-refractivity contribution >= 4 is 54.2 Å². The van der Waals surface area contributed by atoms with Gasteiger partial charge in [-0.2, -0.15) is 0 Å². The second-order valence-electron chi connectivity index (χ2n) is 7.66. The summed E-state index contributed by atoms with van der Waals surface area (Å²) in [5.74, 6) is -0.0604. The number of hydrogen-bond acceptors (Lipinski definition) is 3. The number of ketones is 1. The zero-order valence-corrected chi connectivity index (χ0v) is 20.6. The van der Waals surface area contributed by atoms with Crippen molar-refractivity contribution in [1.29, 1.82) is 0 Å². The normalized spacial score (nSPS) is 11.0. The van der Waals surface area contributed by atoms with Gasteiger partial charge in [0.2, 0.25) is 0 Å². The monoisotopic (exact) mass is 556 g/mol. The summed E-state index contributed by atoms with van der Waals surface area (Å²) in [6, 6.07) is 30.8. The molecule has 2 N–H and O–H groups in total. The summed E-state index contributed by atoms with van der Waals surface area (Å²) < 4.78 is 1.88. The van der Waals surface area contributed by atoms with Crippen molar-refractivity contribution < 1.29 is 4.79 Å². The Hall–Kier alpha value is -3.28. The van der Waals surface area contributed by atoms with Gasteiger partial charge in [0.15, 0.2) is 5.78 Å². The van der Waals surface area contributed by atoms with E-state index in [0.717, 1.165) is 36.5 Å². The molecule has 33 heavy (non-hydrogen) atoms. The largest absolute Gasteiger partial charge is 0.398 e. The summed E-state index contributed by atoms with van der Waals surface area (Å²) in [5.41, 5.74) is 12.1. The number of hydrogen-bond donors (Lipinski definition) is 1. The average molecular weight is 558 g/mol. The van der Waals surface area contributed by atoms with E-state index in [4.69, 9.17) is 10.7 Å². The number of nitrogens with two attached hydrogens (primary N) is 1. The quantitative estimate of drug-likeness (QED) is 0.180. The van der Waals surface area contributed by atoms with E-state index in [1.54, 1.807) is 0 Å². The summed E-state index contributed by atoms with van der Waals surface area (Å²) in [4.78, 5) is 19.0. The highest BCUT2D eigenvalue weighted by Crippen LogP contribution is 2.40. The van der Waals surface area contributed by atoms with Gasteiger partial charge in [0.1, 0.15) is 0 Å². The molecule has 0 fully saturated rings. The standard InChI is InChI=1S/C28H18Br2N2O/c29-19-13-9-17(10-14-19)25-26(28(33)18-11-15-20(30)16-12-18)22-6-2-4-8-24(22)32-27(25)21-5-1-3-7-23(21)31/h1-16H,31H2. The number of nitrogens with zero attached hydrogens (tertiary/aromatic N) is 1. The van der Waals surface area contributed by atoms with Crippen molar-refractivity contribution in [2.45, 2.75) is 0 Å². The number of carbonyl (C=O) groups is 1. The maximum absolute atomic E-state index is 14.0. The van der Waals surface area contributed by atoms with Crippen LogP contribution in [0.4, 0.5) is 5.69 Å². The fourth-order valence-corrected chi connectivity index (χ4v) is 4.53. The molecule has 4 aromatic carbocycles. The molecule has 0 unspecified atom stereocenters. The number of anilines is 1. The Balaban J connectivity index is 1.92. The summed E-state index contributed by atoms with van der Waals surface area (Å²) in [7, 11) is 0. The van der Waals surface area contributed by atoms with Gasteiger partial charge in [0.05, 0.1) is 11.2 Å². The van der Waals surface area contributed by atoms with E-state index >= 15 is 0 Å². The number of carbonyl (C=O) groups excluding carboxylic acids is 1. The molecular weight excluding hydrogens is 540 g/mol. The van der Waals surface area contributed by atoms with E-state index in [0.29, 0.717) is 22.5 Å². The van der Waals surface area contributed by atoms with Gasteiger partial charge in [-0.3, -0.25) is 4.79 Å². The van der Waals surface area contributed by atoms with Crippen molar-refractivity contribution in [3.63, 3.8) is 0 Å². The molecular formula is C28H18Br2N2O. The number of para-hydroxylation sites is 2. The molecule has 0 bridgehead atoms. The first-order valence-electron chi connectivity index (χ1n) is 10.4. The molecule has 0 aliphatic rings. The van der Waals surface area contributed by atoms with E-state index < -0.39 is 0 Å². The van der Waals surface area contributed by atoms with Crippen LogP contribution in [0.2, 0.25) is 0 Å². The molecule has 0 aliphatic carbocycles. The second kappa shape index (κ2) is 8.93. The fourth-order valence-electron chi connectivity index (χ4n) is 4.00. The van der Waals surface area contributed by atoms with Gasteiger partial charge in [-0.25, -0.2) is 4.98 Å². The first-order chi connectivity index (χ1) is 16.0. The van der Waals surface area contributed by atoms with Crippen molar-refractivity contribution in [2.75, 3.05) is 5.73 Å². The minimum Gasteiger partial charge on any atom is -0.398 e. The Kier molecular flexibility index (Phi) is 5.83. The number of fused-ring (bicyclic) bond motifs is 1. The van der Waals surface area contributed by atoms with E-state index in [1.165, 1.54) is 0 Å². The summed E-state index contributed by atoms with van der Waals surface area (Å²) >= 11 is 6.98. The van der Waals surface area contributed by atoms with Crippen molar-refractivity contribution in [1.82, 2.24) is 4.98 Å². The van der Waals surface area contributed by atoms with Crippen LogP contribution in [0.15, 0.2) is 106 Å². The lowest BCUT2D eigenvalue weighted by molar-refractivity contribution is 0.104. The predicted octanol–water partition coefficient (Wildman–Crippen LogP) is 7.91. The molecule has 160 valence electrons. The van der Waals surface area contributed by atoms with Crippen molar-refractivity contribution in [3.8, 4) is 22.4 Å². The molecule has 0 radical (unpaired) electrons. The SMILES string of the molecule is Nc1ccccc1-c1nc2ccccc2c(C(=O)c2ccc(Br)cc2)c1-c1ccc(Br)cc1. The molecule has 0 aliphatic heterocycles. The van der Waals surface area contributed by atoms with Gasteiger partial charge in [0.25, 0.3) is 0 Å². The van der Waals surface area contributed by atoms with Crippen LogP contribution in [0.3, 0.4) is 0 Å². The topological polar surface area (TPSA) is 56.0 Å². The lowest BCUT2D eigenvalue weighted by atomic mass is 9.87. The van der Waals surface area contributed by atoms with E-state index in [1.807, 2.05) is 97.1 Å². The van der Waals surface area contributed by atoms with Gasteiger partial charge in [-0.15, -0.1) is 0 Å². The van der Waals surface area contributed by atoms with Crippen LogP contribution in [0.5, 0.6) is 0 Å². The zero-order valence-electron chi connectivity index (χ0n) is 17.4. The smallest absolute Gasteiger partial charge is 0.194 e. The number of pyridine rings is 1. The highest BCUT2D eigenvalue weighted by atomic mass is 79.9. The first kappa shape index (κ1) is 21.6. The number of benzene rings is 4. The van der Waals surface area contributed by atoms with Gasteiger partial charge in [-0.05, 0) is 54.1 Å². The number of rotatable bonds is 4. The second-order valence-corrected chi connectivity index (χ2v) is 9.49. The maximum atomic E-state index is 14.0. The van der Waals surface area contributed by atoms with E-state index in [-0.39, 0.29) is 5.78 Å².